The highest BCUT2D eigenvalue weighted by Gasteiger charge is 2.34. The number of benzene rings is 1. The van der Waals surface area contributed by atoms with Gasteiger partial charge in [-0.3, -0.25) is 0 Å². The minimum Gasteiger partial charge on any atom is -0.486 e. The zero-order valence-electron chi connectivity index (χ0n) is 10.1. The molecule has 0 atom stereocenters. The number of rotatable bonds is 6. The molecule has 1 rings (SSSR count). The van der Waals surface area contributed by atoms with E-state index in [4.69, 9.17) is 4.74 Å². The first-order valence-corrected chi connectivity index (χ1v) is 6.58. The number of halogens is 5. The Morgan fingerprint density at radius 1 is 1.26 bits per heavy atom. The molecule has 19 heavy (non-hydrogen) atoms. The van der Waals surface area contributed by atoms with Gasteiger partial charge in [0, 0.05) is 0 Å². The van der Waals surface area contributed by atoms with Gasteiger partial charge in [-0.25, -0.2) is 8.78 Å². The van der Waals surface area contributed by atoms with Crippen LogP contribution >= 0.6 is 11.8 Å². The third-order valence-corrected chi connectivity index (χ3v) is 3.42. The molecule has 108 valence electrons. The van der Waals surface area contributed by atoms with Gasteiger partial charge >= 0.3 is 6.18 Å². The fraction of sp³-hybridized carbons (Fsp3) is 0.500. The molecule has 0 unspecified atom stereocenters. The van der Waals surface area contributed by atoms with Crippen LogP contribution in [0.1, 0.15) is 18.9 Å². The van der Waals surface area contributed by atoms with Crippen molar-refractivity contribution in [2.24, 2.45) is 0 Å². The van der Waals surface area contributed by atoms with Gasteiger partial charge in [0.1, 0.15) is 12.4 Å². The van der Waals surface area contributed by atoms with Crippen LogP contribution in [0, 0.1) is 0 Å². The lowest BCUT2D eigenvalue weighted by Crippen LogP contribution is -2.11. The largest absolute Gasteiger partial charge is 0.486 e. The first-order valence-electron chi connectivity index (χ1n) is 5.60. The fourth-order valence-electron chi connectivity index (χ4n) is 1.36. The van der Waals surface area contributed by atoms with Gasteiger partial charge in [0.15, 0.2) is 0 Å². The summed E-state index contributed by atoms with van der Waals surface area (Å²) in [5, 5.41) is 0. The quantitative estimate of drug-likeness (QED) is 0.548. The minimum atomic E-state index is -4.53. The lowest BCUT2D eigenvalue weighted by molar-refractivity contribution is -0.140. The van der Waals surface area contributed by atoms with E-state index in [-0.39, 0.29) is 10.6 Å². The molecule has 0 saturated carbocycles. The maximum atomic E-state index is 12.8. The minimum absolute atomic E-state index is 0.127. The summed E-state index contributed by atoms with van der Waals surface area (Å²) in [6.07, 6.45) is -6.58. The van der Waals surface area contributed by atoms with E-state index < -0.39 is 24.8 Å². The molecule has 0 heterocycles. The van der Waals surface area contributed by atoms with Gasteiger partial charge in [-0.05, 0) is 24.3 Å². The van der Waals surface area contributed by atoms with Crippen LogP contribution in [-0.2, 0) is 6.18 Å². The lowest BCUT2D eigenvalue weighted by atomic mass is 10.2. The van der Waals surface area contributed by atoms with Gasteiger partial charge in [-0.1, -0.05) is 13.0 Å². The van der Waals surface area contributed by atoms with Crippen LogP contribution in [-0.4, -0.2) is 18.8 Å². The molecule has 1 aromatic carbocycles. The van der Waals surface area contributed by atoms with Gasteiger partial charge in [-0.2, -0.15) is 13.2 Å². The molecular weight excluding hydrogens is 287 g/mol. The fourth-order valence-corrected chi connectivity index (χ4v) is 2.38. The van der Waals surface area contributed by atoms with Crippen LogP contribution in [0.4, 0.5) is 22.0 Å². The van der Waals surface area contributed by atoms with E-state index in [1.807, 2.05) is 6.92 Å². The second kappa shape index (κ2) is 6.98. The van der Waals surface area contributed by atoms with Crippen molar-refractivity contribution in [1.29, 1.82) is 0 Å². The van der Waals surface area contributed by atoms with Crippen molar-refractivity contribution in [3.63, 3.8) is 0 Å². The first-order chi connectivity index (χ1) is 8.86. The monoisotopic (exact) mass is 300 g/mol. The van der Waals surface area contributed by atoms with Crippen molar-refractivity contribution < 1.29 is 26.7 Å². The van der Waals surface area contributed by atoms with Crippen molar-refractivity contribution >= 4 is 11.8 Å². The summed E-state index contributed by atoms with van der Waals surface area (Å²) in [6.45, 7) is 0.907. The van der Waals surface area contributed by atoms with Crippen LogP contribution in [0.25, 0.3) is 0 Å². The predicted molar refractivity (Wildman–Crippen MR) is 64.0 cm³/mol. The molecule has 0 N–H and O–H groups in total. The van der Waals surface area contributed by atoms with Gasteiger partial charge in [-0.15, -0.1) is 11.8 Å². The summed E-state index contributed by atoms with van der Waals surface area (Å²) in [7, 11) is 0. The van der Waals surface area contributed by atoms with Crippen LogP contribution in [0.5, 0.6) is 5.75 Å². The molecule has 0 bridgehead atoms. The summed E-state index contributed by atoms with van der Waals surface area (Å²) >= 11 is 0.962. The molecule has 0 radical (unpaired) electrons. The number of thioether (sulfide) groups is 1. The standard InChI is InChI=1S/C12H13F5OS/c1-2-6-19-11-8(12(15,16)17)4-3-5-9(11)18-7-10(13)14/h3-5,10H,2,6-7H2,1H3. The Hall–Kier alpha value is -0.980. The Morgan fingerprint density at radius 3 is 2.47 bits per heavy atom. The molecule has 1 nitrogen and oxygen atoms in total. The highest BCUT2D eigenvalue weighted by Crippen LogP contribution is 2.41. The Morgan fingerprint density at radius 2 is 1.95 bits per heavy atom. The number of alkyl halides is 5. The molecular formula is C12H13F5OS. The molecule has 0 fully saturated rings. The van der Waals surface area contributed by atoms with Crippen LogP contribution < -0.4 is 4.74 Å². The van der Waals surface area contributed by atoms with Crippen molar-refractivity contribution in [2.75, 3.05) is 12.4 Å². The predicted octanol–water partition coefficient (Wildman–Crippen LogP) is 4.85. The summed E-state index contributed by atoms with van der Waals surface area (Å²) in [5.41, 5.74) is -0.849. The highest BCUT2D eigenvalue weighted by atomic mass is 32.2. The zero-order chi connectivity index (χ0) is 14.5. The third kappa shape index (κ3) is 4.89. The summed E-state index contributed by atoms with van der Waals surface area (Å²) in [4.78, 5) is -0.127. The maximum Gasteiger partial charge on any atom is 0.417 e. The maximum absolute atomic E-state index is 12.8. The second-order valence-electron chi connectivity index (χ2n) is 3.68. The average molecular weight is 300 g/mol. The average Bonchev–Trinajstić information content (AvgIpc) is 2.32. The van der Waals surface area contributed by atoms with Gasteiger partial charge in [0.25, 0.3) is 6.43 Å². The van der Waals surface area contributed by atoms with Gasteiger partial charge in [0.05, 0.1) is 10.5 Å². The summed E-state index contributed by atoms with van der Waals surface area (Å²) < 4.78 is 67.4. The highest BCUT2D eigenvalue weighted by molar-refractivity contribution is 7.99. The van der Waals surface area contributed by atoms with E-state index in [2.05, 4.69) is 0 Å². The normalized spacial score (nSPS) is 11.9. The van der Waals surface area contributed by atoms with E-state index in [9.17, 15) is 22.0 Å². The third-order valence-electron chi connectivity index (χ3n) is 2.10. The molecule has 0 aromatic heterocycles. The molecule has 0 saturated heterocycles. The Balaban J connectivity index is 3.07. The Kier molecular flexibility index (Phi) is 5.90. The van der Waals surface area contributed by atoms with Gasteiger partial charge < -0.3 is 4.74 Å². The summed E-state index contributed by atoms with van der Waals surface area (Å²) in [5.74, 6) is 0.312. The number of ether oxygens (including phenoxy) is 1. The number of hydrogen-bond donors (Lipinski definition) is 0. The van der Waals surface area contributed by atoms with Crippen LogP contribution in [0.3, 0.4) is 0 Å². The molecule has 0 aliphatic carbocycles. The zero-order valence-corrected chi connectivity index (χ0v) is 11.0. The van der Waals surface area contributed by atoms with Crippen molar-refractivity contribution in [2.45, 2.75) is 30.8 Å². The molecule has 7 heteroatoms. The second-order valence-corrected chi connectivity index (χ2v) is 4.79. The smallest absolute Gasteiger partial charge is 0.417 e. The summed E-state index contributed by atoms with van der Waals surface area (Å²) in [6, 6.07) is 3.35. The van der Waals surface area contributed by atoms with E-state index in [0.29, 0.717) is 12.2 Å². The van der Waals surface area contributed by atoms with Crippen molar-refractivity contribution in [1.82, 2.24) is 0 Å². The molecule has 0 aliphatic rings. The van der Waals surface area contributed by atoms with E-state index in [1.54, 1.807) is 0 Å². The lowest BCUT2D eigenvalue weighted by Gasteiger charge is -2.16. The molecule has 1 aromatic rings. The first kappa shape index (κ1) is 16.1. The van der Waals surface area contributed by atoms with Gasteiger partial charge in [0.2, 0.25) is 0 Å². The molecule has 0 aliphatic heterocycles. The van der Waals surface area contributed by atoms with Crippen molar-refractivity contribution in [3.05, 3.63) is 23.8 Å². The van der Waals surface area contributed by atoms with Crippen LogP contribution in [0.15, 0.2) is 23.1 Å². The Labute approximate surface area is 112 Å². The van der Waals surface area contributed by atoms with E-state index in [1.165, 1.54) is 6.07 Å². The topological polar surface area (TPSA) is 9.23 Å². The van der Waals surface area contributed by atoms with E-state index >= 15 is 0 Å². The molecule has 0 spiro atoms. The number of hydrogen-bond acceptors (Lipinski definition) is 2. The van der Waals surface area contributed by atoms with E-state index in [0.717, 1.165) is 23.9 Å². The Bertz CT molecular complexity index is 406. The SMILES string of the molecule is CCCSc1c(OCC(F)F)cccc1C(F)(F)F. The van der Waals surface area contributed by atoms with Crippen molar-refractivity contribution in [3.8, 4) is 5.75 Å². The van der Waals surface area contributed by atoms with Crippen LogP contribution in [0.2, 0.25) is 0 Å². The molecule has 0 amide bonds.